The monoisotopic (exact) mass is 192 g/mol. The van der Waals surface area contributed by atoms with Gasteiger partial charge in [0.2, 0.25) is 0 Å². The number of rotatable bonds is 3. The third kappa shape index (κ3) is 1.93. The highest BCUT2D eigenvalue weighted by Crippen LogP contribution is 2.46. The van der Waals surface area contributed by atoms with E-state index in [1.54, 1.807) is 18.5 Å². The first-order chi connectivity index (χ1) is 6.70. The van der Waals surface area contributed by atoms with E-state index in [0.29, 0.717) is 11.2 Å². The Morgan fingerprint density at radius 2 is 2.07 bits per heavy atom. The van der Waals surface area contributed by atoms with Crippen molar-refractivity contribution in [2.24, 2.45) is 5.41 Å². The van der Waals surface area contributed by atoms with E-state index in [2.05, 4.69) is 16.9 Å². The molecule has 3 nitrogen and oxygen atoms in total. The molecule has 1 N–H and O–H groups in total. The van der Waals surface area contributed by atoms with Crippen LogP contribution in [0.2, 0.25) is 0 Å². The second kappa shape index (κ2) is 3.65. The number of aromatic nitrogens is 2. The zero-order valence-corrected chi connectivity index (χ0v) is 8.48. The Morgan fingerprint density at radius 3 is 2.57 bits per heavy atom. The van der Waals surface area contributed by atoms with Gasteiger partial charge in [-0.05, 0) is 30.7 Å². The molecule has 0 aromatic carbocycles. The second-order valence-corrected chi connectivity index (χ2v) is 4.49. The molecule has 3 heteroatoms. The minimum Gasteiger partial charge on any atom is -0.385 e. The summed E-state index contributed by atoms with van der Waals surface area (Å²) in [7, 11) is 0. The van der Waals surface area contributed by atoms with Crippen molar-refractivity contribution < 1.29 is 5.11 Å². The Labute approximate surface area is 84.2 Å². The van der Waals surface area contributed by atoms with Crippen LogP contribution in [0.25, 0.3) is 0 Å². The molecule has 14 heavy (non-hydrogen) atoms. The van der Waals surface area contributed by atoms with Gasteiger partial charge in [0, 0.05) is 12.4 Å². The van der Waals surface area contributed by atoms with Gasteiger partial charge in [0.1, 0.15) is 6.10 Å². The second-order valence-electron chi connectivity index (χ2n) is 4.49. The number of aliphatic hydroxyl groups excluding tert-OH is 1. The third-order valence-corrected chi connectivity index (χ3v) is 3.13. The quantitative estimate of drug-likeness (QED) is 0.797. The van der Waals surface area contributed by atoms with E-state index in [1.807, 2.05) is 0 Å². The van der Waals surface area contributed by atoms with Crippen LogP contribution in [0.5, 0.6) is 0 Å². The first-order valence-electron chi connectivity index (χ1n) is 5.15. The van der Waals surface area contributed by atoms with Gasteiger partial charge >= 0.3 is 0 Å². The minimum atomic E-state index is -0.499. The predicted molar refractivity (Wildman–Crippen MR) is 53.6 cm³/mol. The average Bonchev–Trinajstić information content (AvgIpc) is 2.17. The fraction of sp³-hybridized carbons (Fsp3) is 0.636. The molecule has 1 aliphatic rings. The van der Waals surface area contributed by atoms with E-state index in [0.717, 1.165) is 6.42 Å². The maximum atomic E-state index is 9.90. The molecule has 1 saturated carbocycles. The highest BCUT2D eigenvalue weighted by molar-refractivity contribution is 4.96. The Bertz CT molecular complexity index is 295. The molecule has 1 fully saturated rings. The maximum absolute atomic E-state index is 9.90. The van der Waals surface area contributed by atoms with Crippen LogP contribution < -0.4 is 0 Å². The Kier molecular flexibility index (Phi) is 2.50. The zero-order chi connectivity index (χ0) is 10.0. The SMILES string of the molecule is CC1(CC(O)c2ncccn2)CCC1. The molecule has 2 rings (SSSR count). The topological polar surface area (TPSA) is 46.0 Å². The summed E-state index contributed by atoms with van der Waals surface area (Å²) in [5.74, 6) is 0.556. The summed E-state index contributed by atoms with van der Waals surface area (Å²) >= 11 is 0. The van der Waals surface area contributed by atoms with Crippen LogP contribution in [0.1, 0.15) is 44.5 Å². The summed E-state index contributed by atoms with van der Waals surface area (Å²) in [6, 6.07) is 1.77. The van der Waals surface area contributed by atoms with Crippen LogP contribution in [-0.2, 0) is 0 Å². The third-order valence-electron chi connectivity index (χ3n) is 3.13. The lowest BCUT2D eigenvalue weighted by atomic mass is 9.67. The Hall–Kier alpha value is -0.960. The van der Waals surface area contributed by atoms with Gasteiger partial charge < -0.3 is 5.11 Å². The summed E-state index contributed by atoms with van der Waals surface area (Å²) in [4.78, 5) is 8.12. The zero-order valence-electron chi connectivity index (χ0n) is 8.48. The smallest absolute Gasteiger partial charge is 0.156 e. The maximum Gasteiger partial charge on any atom is 0.156 e. The van der Waals surface area contributed by atoms with Crippen LogP contribution in [0.15, 0.2) is 18.5 Å². The molecule has 0 amide bonds. The fourth-order valence-corrected chi connectivity index (χ4v) is 2.03. The average molecular weight is 192 g/mol. The van der Waals surface area contributed by atoms with Crippen molar-refractivity contribution in [2.75, 3.05) is 0 Å². The molecule has 0 spiro atoms. The van der Waals surface area contributed by atoms with Crippen LogP contribution in [0.3, 0.4) is 0 Å². The number of aliphatic hydroxyl groups is 1. The van der Waals surface area contributed by atoms with Crippen molar-refractivity contribution in [3.05, 3.63) is 24.3 Å². The number of nitrogens with zero attached hydrogens (tertiary/aromatic N) is 2. The van der Waals surface area contributed by atoms with Gasteiger partial charge in [-0.3, -0.25) is 0 Å². The van der Waals surface area contributed by atoms with Crippen molar-refractivity contribution in [1.82, 2.24) is 9.97 Å². The van der Waals surface area contributed by atoms with Crippen molar-refractivity contribution in [1.29, 1.82) is 0 Å². The molecule has 1 aromatic heterocycles. The van der Waals surface area contributed by atoms with Gasteiger partial charge in [0.05, 0.1) is 0 Å². The number of hydrogen-bond donors (Lipinski definition) is 1. The first kappa shape index (κ1) is 9.59. The lowest BCUT2D eigenvalue weighted by molar-refractivity contribution is 0.0499. The van der Waals surface area contributed by atoms with Crippen molar-refractivity contribution in [3.63, 3.8) is 0 Å². The fourth-order valence-electron chi connectivity index (χ4n) is 2.03. The normalized spacial score (nSPS) is 21.3. The molecule has 0 radical (unpaired) electrons. The van der Waals surface area contributed by atoms with Gasteiger partial charge in [-0.25, -0.2) is 9.97 Å². The minimum absolute atomic E-state index is 0.318. The van der Waals surface area contributed by atoms with Gasteiger partial charge in [-0.1, -0.05) is 13.3 Å². The molecule has 76 valence electrons. The Morgan fingerprint density at radius 1 is 1.43 bits per heavy atom. The van der Waals surface area contributed by atoms with Crippen molar-refractivity contribution in [3.8, 4) is 0 Å². The van der Waals surface area contributed by atoms with Gasteiger partial charge in [0.25, 0.3) is 0 Å². The van der Waals surface area contributed by atoms with E-state index in [1.165, 1.54) is 19.3 Å². The van der Waals surface area contributed by atoms with Crippen molar-refractivity contribution >= 4 is 0 Å². The lowest BCUT2D eigenvalue weighted by Gasteiger charge is -2.39. The lowest BCUT2D eigenvalue weighted by Crippen LogP contribution is -2.28. The highest BCUT2D eigenvalue weighted by Gasteiger charge is 2.34. The van der Waals surface area contributed by atoms with Crippen molar-refractivity contribution in [2.45, 2.75) is 38.7 Å². The molecule has 0 saturated heterocycles. The van der Waals surface area contributed by atoms with Crippen LogP contribution in [-0.4, -0.2) is 15.1 Å². The molecular formula is C11H16N2O. The molecule has 1 heterocycles. The molecular weight excluding hydrogens is 176 g/mol. The molecule has 1 atom stereocenters. The summed E-state index contributed by atoms with van der Waals surface area (Å²) in [5, 5.41) is 9.90. The van der Waals surface area contributed by atoms with Crippen LogP contribution in [0, 0.1) is 5.41 Å². The highest BCUT2D eigenvalue weighted by atomic mass is 16.3. The first-order valence-corrected chi connectivity index (χ1v) is 5.15. The van der Waals surface area contributed by atoms with E-state index >= 15 is 0 Å². The largest absolute Gasteiger partial charge is 0.385 e. The Balaban J connectivity index is 1.99. The molecule has 0 bridgehead atoms. The van der Waals surface area contributed by atoms with E-state index in [4.69, 9.17) is 0 Å². The van der Waals surface area contributed by atoms with E-state index < -0.39 is 6.10 Å². The molecule has 1 aliphatic carbocycles. The van der Waals surface area contributed by atoms with E-state index in [-0.39, 0.29) is 0 Å². The molecule has 1 aromatic rings. The summed E-state index contributed by atoms with van der Waals surface area (Å²) in [6.45, 7) is 2.22. The summed E-state index contributed by atoms with van der Waals surface area (Å²) in [6.07, 6.45) is 7.37. The summed E-state index contributed by atoms with van der Waals surface area (Å²) < 4.78 is 0. The van der Waals surface area contributed by atoms with Crippen LogP contribution >= 0.6 is 0 Å². The molecule has 0 aliphatic heterocycles. The van der Waals surface area contributed by atoms with E-state index in [9.17, 15) is 5.11 Å². The van der Waals surface area contributed by atoms with Gasteiger partial charge in [-0.2, -0.15) is 0 Å². The van der Waals surface area contributed by atoms with Gasteiger partial charge in [-0.15, -0.1) is 0 Å². The standard InChI is InChI=1S/C11H16N2O/c1-11(4-2-5-11)8-9(14)10-12-6-3-7-13-10/h3,6-7,9,14H,2,4-5,8H2,1H3. The predicted octanol–water partition coefficient (Wildman–Crippen LogP) is 2.09. The summed E-state index contributed by atoms with van der Waals surface area (Å²) in [5.41, 5.74) is 0.318. The number of hydrogen-bond acceptors (Lipinski definition) is 3. The van der Waals surface area contributed by atoms with Gasteiger partial charge in [0.15, 0.2) is 5.82 Å². The molecule has 1 unspecified atom stereocenters. The van der Waals surface area contributed by atoms with Crippen LogP contribution in [0.4, 0.5) is 0 Å².